The van der Waals surface area contributed by atoms with Crippen molar-refractivity contribution in [3.63, 3.8) is 0 Å². The summed E-state index contributed by atoms with van der Waals surface area (Å²) < 4.78 is 0.499. The van der Waals surface area contributed by atoms with Crippen LogP contribution in [0, 0.1) is 20.6 Å². The molecule has 1 aromatic rings. The first-order valence-corrected chi connectivity index (χ1v) is 4.23. The van der Waals surface area contributed by atoms with Gasteiger partial charge in [-0.15, -0.1) is 0 Å². The number of nitro benzene ring substituents is 1. The fourth-order valence-corrected chi connectivity index (χ4v) is 1.62. The molecule has 0 unspecified atom stereocenters. The second-order valence-corrected chi connectivity index (χ2v) is 3.53. The third-order valence-electron chi connectivity index (χ3n) is 1.38. The van der Waals surface area contributed by atoms with Crippen molar-refractivity contribution in [2.75, 3.05) is 0 Å². The van der Waals surface area contributed by atoms with E-state index >= 15 is 0 Å². The molecule has 0 saturated heterocycles. The molecule has 0 radical (unpaired) electrons. The lowest BCUT2D eigenvalue weighted by atomic mass is 10.2. The molecule has 1 N–H and O–H groups in total. The molecule has 0 aliphatic carbocycles. The molecule has 0 aromatic heterocycles. The molecule has 0 saturated carbocycles. The largest absolute Gasteiger partial charge is 0.501 e. The van der Waals surface area contributed by atoms with Crippen molar-refractivity contribution in [2.45, 2.75) is 6.92 Å². The zero-order valence-electron chi connectivity index (χ0n) is 6.24. The van der Waals surface area contributed by atoms with E-state index in [0.717, 1.165) is 5.56 Å². The molecule has 5 heteroatoms. The number of aromatic hydroxyl groups is 1. The average molecular weight is 279 g/mol. The van der Waals surface area contributed by atoms with Gasteiger partial charge in [0, 0.05) is 6.07 Å². The highest BCUT2D eigenvalue weighted by molar-refractivity contribution is 14.1. The van der Waals surface area contributed by atoms with Gasteiger partial charge in [-0.1, -0.05) is 0 Å². The summed E-state index contributed by atoms with van der Waals surface area (Å²) >= 11 is 1.85. The van der Waals surface area contributed by atoms with Gasteiger partial charge in [-0.25, -0.2) is 0 Å². The first-order chi connectivity index (χ1) is 5.52. The summed E-state index contributed by atoms with van der Waals surface area (Å²) in [4.78, 5) is 9.78. The van der Waals surface area contributed by atoms with E-state index in [0.29, 0.717) is 3.57 Å². The third kappa shape index (κ3) is 1.66. The minimum absolute atomic E-state index is 0.237. The van der Waals surface area contributed by atoms with Crippen LogP contribution in [-0.2, 0) is 0 Å². The van der Waals surface area contributed by atoms with E-state index in [1.54, 1.807) is 13.0 Å². The lowest BCUT2D eigenvalue weighted by Gasteiger charge is -1.99. The highest BCUT2D eigenvalue weighted by Crippen LogP contribution is 2.31. The maximum atomic E-state index is 10.4. The molecule has 1 rings (SSSR count). The molecule has 0 aliphatic rings. The first-order valence-electron chi connectivity index (χ1n) is 3.16. The molecule has 0 bridgehead atoms. The van der Waals surface area contributed by atoms with Gasteiger partial charge in [0.2, 0.25) is 5.75 Å². The van der Waals surface area contributed by atoms with Gasteiger partial charge in [0.1, 0.15) is 0 Å². The number of benzene rings is 1. The molecule has 0 amide bonds. The molecular weight excluding hydrogens is 273 g/mol. The molecule has 4 nitrogen and oxygen atoms in total. The zero-order valence-corrected chi connectivity index (χ0v) is 8.40. The van der Waals surface area contributed by atoms with Crippen LogP contribution >= 0.6 is 22.6 Å². The van der Waals surface area contributed by atoms with Crippen molar-refractivity contribution in [1.82, 2.24) is 0 Å². The number of phenols is 1. The SMILES string of the molecule is Cc1cc(I)c(O)c([N+](=O)[O-])c1. The maximum absolute atomic E-state index is 10.4. The summed E-state index contributed by atoms with van der Waals surface area (Å²) in [5.74, 6) is -0.258. The van der Waals surface area contributed by atoms with Crippen LogP contribution in [0.25, 0.3) is 0 Å². The quantitative estimate of drug-likeness (QED) is 0.487. The first kappa shape index (κ1) is 9.24. The Morgan fingerprint density at radius 1 is 1.58 bits per heavy atom. The van der Waals surface area contributed by atoms with E-state index in [1.807, 2.05) is 22.6 Å². The minimum Gasteiger partial charge on any atom is -0.501 e. The topological polar surface area (TPSA) is 63.4 Å². The van der Waals surface area contributed by atoms with Crippen LogP contribution in [0.3, 0.4) is 0 Å². The van der Waals surface area contributed by atoms with Crippen LogP contribution < -0.4 is 0 Å². The summed E-state index contributed by atoms with van der Waals surface area (Å²) in [6.45, 7) is 1.74. The van der Waals surface area contributed by atoms with E-state index in [-0.39, 0.29) is 11.4 Å². The molecule has 64 valence electrons. The Morgan fingerprint density at radius 3 is 2.67 bits per heavy atom. The van der Waals surface area contributed by atoms with Crippen LogP contribution in [0.5, 0.6) is 5.75 Å². The Balaban J connectivity index is 3.37. The van der Waals surface area contributed by atoms with E-state index < -0.39 is 4.92 Å². The molecule has 0 heterocycles. The molecule has 0 atom stereocenters. The summed E-state index contributed by atoms with van der Waals surface area (Å²) in [7, 11) is 0. The monoisotopic (exact) mass is 279 g/mol. The molecule has 1 aromatic carbocycles. The fraction of sp³-hybridized carbons (Fsp3) is 0.143. The van der Waals surface area contributed by atoms with Crippen molar-refractivity contribution in [1.29, 1.82) is 0 Å². The molecule has 0 spiro atoms. The second kappa shape index (κ2) is 3.26. The van der Waals surface area contributed by atoms with Gasteiger partial charge in [-0.3, -0.25) is 10.1 Å². The highest BCUT2D eigenvalue weighted by atomic mass is 127. The number of phenolic OH excluding ortho intramolecular Hbond substituents is 1. The summed E-state index contributed by atoms with van der Waals surface area (Å²) in [6, 6.07) is 3.03. The van der Waals surface area contributed by atoms with E-state index in [4.69, 9.17) is 0 Å². The number of halogens is 1. The van der Waals surface area contributed by atoms with Crippen LogP contribution in [0.1, 0.15) is 5.56 Å². The van der Waals surface area contributed by atoms with Crippen LogP contribution in [0.15, 0.2) is 12.1 Å². The number of nitrogens with zero attached hydrogens (tertiary/aromatic N) is 1. The zero-order chi connectivity index (χ0) is 9.30. The van der Waals surface area contributed by atoms with Crippen LogP contribution in [0.4, 0.5) is 5.69 Å². The van der Waals surface area contributed by atoms with Crippen LogP contribution in [0.2, 0.25) is 0 Å². The van der Waals surface area contributed by atoms with E-state index in [9.17, 15) is 15.2 Å². The van der Waals surface area contributed by atoms with E-state index in [1.165, 1.54) is 6.07 Å². The standard InChI is InChI=1S/C7H6INO3/c1-4-2-5(8)7(10)6(3-4)9(11)12/h2-3,10H,1H3. The third-order valence-corrected chi connectivity index (χ3v) is 2.21. The summed E-state index contributed by atoms with van der Waals surface area (Å²) in [5, 5.41) is 19.6. The maximum Gasteiger partial charge on any atom is 0.312 e. The predicted molar refractivity (Wildman–Crippen MR) is 52.2 cm³/mol. The van der Waals surface area contributed by atoms with Crippen LogP contribution in [-0.4, -0.2) is 10.0 Å². The van der Waals surface area contributed by atoms with Crippen molar-refractivity contribution in [2.24, 2.45) is 0 Å². The Labute approximate surface area is 82.5 Å². The van der Waals surface area contributed by atoms with Gasteiger partial charge in [0.25, 0.3) is 0 Å². The van der Waals surface area contributed by atoms with Gasteiger partial charge >= 0.3 is 5.69 Å². The van der Waals surface area contributed by atoms with Crippen molar-refractivity contribution in [3.8, 4) is 5.75 Å². The number of hydrogen-bond donors (Lipinski definition) is 1. The second-order valence-electron chi connectivity index (χ2n) is 2.37. The highest BCUT2D eigenvalue weighted by Gasteiger charge is 2.15. The fourth-order valence-electron chi connectivity index (χ4n) is 0.855. The smallest absolute Gasteiger partial charge is 0.312 e. The van der Waals surface area contributed by atoms with Crippen molar-refractivity contribution < 1.29 is 10.0 Å². The van der Waals surface area contributed by atoms with Gasteiger partial charge in [0.15, 0.2) is 0 Å². The normalized spacial score (nSPS) is 9.83. The Bertz CT molecular complexity index is 338. The number of nitro groups is 1. The predicted octanol–water partition coefficient (Wildman–Crippen LogP) is 2.21. The Morgan fingerprint density at radius 2 is 2.17 bits per heavy atom. The number of aryl methyl sites for hydroxylation is 1. The van der Waals surface area contributed by atoms with Gasteiger partial charge in [-0.05, 0) is 41.1 Å². The summed E-state index contributed by atoms with van der Waals surface area (Å²) in [6.07, 6.45) is 0. The van der Waals surface area contributed by atoms with Crippen molar-refractivity contribution in [3.05, 3.63) is 31.4 Å². The van der Waals surface area contributed by atoms with E-state index in [2.05, 4.69) is 0 Å². The lowest BCUT2D eigenvalue weighted by Crippen LogP contribution is -1.91. The van der Waals surface area contributed by atoms with Gasteiger partial charge < -0.3 is 5.11 Å². The molecular formula is C7H6INO3. The molecule has 12 heavy (non-hydrogen) atoms. The summed E-state index contributed by atoms with van der Waals surface area (Å²) in [5.41, 5.74) is 0.531. The Hall–Kier alpha value is -0.850. The number of hydrogen-bond acceptors (Lipinski definition) is 3. The lowest BCUT2D eigenvalue weighted by molar-refractivity contribution is -0.386. The average Bonchev–Trinajstić information content (AvgIpc) is 1.96. The minimum atomic E-state index is -0.593. The molecule has 0 aliphatic heterocycles. The molecule has 0 fully saturated rings. The number of rotatable bonds is 1. The van der Waals surface area contributed by atoms with Gasteiger partial charge in [-0.2, -0.15) is 0 Å². The van der Waals surface area contributed by atoms with Crippen molar-refractivity contribution >= 4 is 28.3 Å². The Kier molecular flexibility index (Phi) is 2.51. The van der Waals surface area contributed by atoms with Gasteiger partial charge in [0.05, 0.1) is 8.49 Å².